The van der Waals surface area contributed by atoms with Gasteiger partial charge < -0.3 is 34.5 Å². The molecule has 3 heterocycles. The van der Waals surface area contributed by atoms with Crippen LogP contribution in [0.25, 0.3) is 30.3 Å². The van der Waals surface area contributed by atoms with E-state index in [9.17, 15) is 36.4 Å². The fraction of sp³-hybridized carbons (Fsp3) is 0.236. The summed E-state index contributed by atoms with van der Waals surface area (Å²) in [5, 5.41) is 26.2. The summed E-state index contributed by atoms with van der Waals surface area (Å²) in [7, 11) is -12.6. The van der Waals surface area contributed by atoms with E-state index in [1.807, 2.05) is 62.1 Å². The number of rotatable bonds is 20. The van der Waals surface area contributed by atoms with Gasteiger partial charge in [0, 0.05) is 95.4 Å². The van der Waals surface area contributed by atoms with Crippen LogP contribution in [0.1, 0.15) is 27.7 Å². The van der Waals surface area contributed by atoms with Crippen LogP contribution in [-0.4, -0.2) is 78.1 Å². The Balaban J connectivity index is 0.000000302. The van der Waals surface area contributed by atoms with Gasteiger partial charge in [-0.2, -0.15) is 0 Å². The number of benzene rings is 6. The molecule has 498 valence electrons. The van der Waals surface area contributed by atoms with Gasteiger partial charge in [0.1, 0.15) is 14.2 Å². The van der Waals surface area contributed by atoms with Gasteiger partial charge in [0.25, 0.3) is 15.7 Å². The highest BCUT2D eigenvalue weighted by atomic mass is 79.9. The first-order valence-corrected chi connectivity index (χ1v) is 39.1. The van der Waals surface area contributed by atoms with Crippen LogP contribution in [0.4, 0.5) is 5.69 Å². The van der Waals surface area contributed by atoms with Gasteiger partial charge in [-0.05, 0) is 136 Å². The highest BCUT2D eigenvalue weighted by molar-refractivity contribution is 9.09. The molecule has 6 N–H and O–H groups in total. The molecule has 0 aliphatic heterocycles. The van der Waals surface area contributed by atoms with Crippen LogP contribution in [0.3, 0.4) is 0 Å². The largest absolute Gasteiger partial charge is 0.768 e. The smallest absolute Gasteiger partial charge is 0.269 e. The lowest BCUT2D eigenvalue weighted by molar-refractivity contribution is -0.384. The zero-order valence-electron chi connectivity index (χ0n) is 47.7. The summed E-state index contributed by atoms with van der Waals surface area (Å²) >= 11 is 71.4. The van der Waals surface area contributed by atoms with Gasteiger partial charge in [0.15, 0.2) is 20.2 Å². The Morgan fingerprint density at radius 1 is 0.615 bits per heavy atom. The summed E-state index contributed by atoms with van der Waals surface area (Å²) in [6, 6.07) is 29.5. The highest BCUT2D eigenvalue weighted by Gasteiger charge is 2.23. The van der Waals surface area contributed by atoms with Crippen molar-refractivity contribution in [1.29, 1.82) is 0 Å². The van der Waals surface area contributed by atoms with Gasteiger partial charge in [0.2, 0.25) is 10.0 Å². The molecule has 91 heavy (non-hydrogen) atoms. The summed E-state index contributed by atoms with van der Waals surface area (Å²) in [4.78, 5) is 23.7. The van der Waals surface area contributed by atoms with Crippen LogP contribution in [-0.2, 0) is 43.6 Å². The number of ether oxygens (including phenoxy) is 4. The number of nitro groups is 1. The normalized spacial score (nSPS) is 11.8. The fourth-order valence-corrected chi connectivity index (χ4v) is 17.3. The minimum Gasteiger partial charge on any atom is -0.768 e. The summed E-state index contributed by atoms with van der Waals surface area (Å²) in [6.07, 6.45) is -1.30. The number of thioether (sulfide) groups is 1. The van der Waals surface area contributed by atoms with Gasteiger partial charge in [0.05, 0.1) is 55.8 Å². The third kappa shape index (κ3) is 27.6. The Bertz CT molecular complexity index is 3980. The van der Waals surface area contributed by atoms with E-state index in [0.29, 0.717) is 97.4 Å². The summed E-state index contributed by atoms with van der Waals surface area (Å²) < 4.78 is 89.3. The second-order valence-corrected chi connectivity index (χ2v) is 31.8. The Hall–Kier alpha value is -1.71. The van der Waals surface area contributed by atoms with E-state index in [1.165, 1.54) is 24.3 Å². The number of nitro benzene ring substituents is 1. The number of hydrogen-bond donors (Lipinski definition) is 4. The Morgan fingerprint density at radius 2 is 1.05 bits per heavy atom. The third-order valence-electron chi connectivity index (χ3n) is 10.6. The average Bonchev–Trinajstić information content (AvgIpc) is 1.70. The molecule has 0 aliphatic rings. The molecule has 0 radical (unpaired) electrons. The van der Waals surface area contributed by atoms with Crippen LogP contribution in [0.2, 0.25) is 50.2 Å². The maximum atomic E-state index is 12.5. The van der Waals surface area contributed by atoms with Crippen molar-refractivity contribution >= 4 is 254 Å². The highest BCUT2D eigenvalue weighted by Crippen LogP contribution is 2.42. The molecule has 17 nitrogen and oxygen atoms in total. The van der Waals surface area contributed by atoms with E-state index in [2.05, 4.69) is 28.6 Å². The number of nitrogens with one attached hydrogen (secondary N) is 1. The van der Waals surface area contributed by atoms with Gasteiger partial charge >= 0.3 is 0 Å². The zero-order chi connectivity index (χ0) is 67.1. The average molecular weight is 1670 g/mol. The number of fused-ring (bicyclic) bond motifs is 3. The molecule has 1 atom stereocenters. The van der Waals surface area contributed by atoms with Crippen molar-refractivity contribution in [2.24, 2.45) is 5.14 Å². The van der Waals surface area contributed by atoms with Gasteiger partial charge in [-0.1, -0.05) is 132 Å². The second-order valence-electron chi connectivity index (χ2n) is 17.0. The monoisotopic (exact) mass is 1660 g/mol. The minimum atomic E-state index is -4.68. The van der Waals surface area contributed by atoms with E-state index in [1.54, 1.807) is 65.6 Å². The summed E-state index contributed by atoms with van der Waals surface area (Å²) in [5.74, 6) is 0.510. The zero-order valence-corrected chi connectivity index (χ0v) is 63.5. The lowest BCUT2D eigenvalue weighted by Gasteiger charge is -2.24. The van der Waals surface area contributed by atoms with Crippen LogP contribution in [0, 0.1) is 10.1 Å². The Morgan fingerprint density at radius 3 is 1.51 bits per heavy atom. The standard InChI is InChI=1S/C15H11Cl2N2O7PS2.C12H16Cl2O2S.C8H5Cl2NO2S2.C8H4Cl2S.C6H13BrO2.C6H4Cl2S.H3N/c16-12-5-6-13(17)15-11(12)7-14(28-15)29(24,25)18-8-27(22,23)26-10-3-1-9(2-4-10)19(20)21;1-3-15-12(16-4-2)8-17-11-7-9(13)5-6-10(11)14;9-5-1-2-6(10)8-4(5)3-7(14-8)15(11,12)13;9-6-1-2-7(10)8-5(6)3-4-11-8;1-3-8-6(5-7)9-4-2;7-4-1-2-5(8)6(9)3-4;/h1-7,18H,8H2,(H,22,23);5-7,12H,3-4,8H2,1-2H3;1-3H,(H2,11,12,13);1-4H;6H,3-5H2,1-2H3;1-3,9H;1H3/p-1. The maximum Gasteiger partial charge on any atom is 0.269 e. The van der Waals surface area contributed by atoms with E-state index >= 15 is 0 Å². The summed E-state index contributed by atoms with van der Waals surface area (Å²) in [5.41, 5.74) is -0.249. The number of halogens is 11. The molecule has 3 aromatic heterocycles. The molecule has 9 rings (SSSR count). The molecule has 0 amide bonds. The van der Waals surface area contributed by atoms with Crippen molar-refractivity contribution in [3.8, 4) is 5.75 Å². The number of thiol groups is 1. The van der Waals surface area contributed by atoms with Crippen LogP contribution < -0.4 is 25.4 Å². The maximum absolute atomic E-state index is 12.5. The van der Waals surface area contributed by atoms with Crippen molar-refractivity contribution in [3.05, 3.63) is 181 Å². The molecule has 0 bridgehead atoms. The second kappa shape index (κ2) is 40.9. The molecule has 0 saturated heterocycles. The van der Waals surface area contributed by atoms with Gasteiger partial charge in [-0.25, -0.2) is 26.7 Å². The topological polar surface area (TPSA) is 271 Å². The number of thiophene rings is 3. The number of sulfonamides is 2. The van der Waals surface area contributed by atoms with Crippen LogP contribution in [0.5, 0.6) is 5.75 Å². The summed E-state index contributed by atoms with van der Waals surface area (Å²) in [6.45, 7) is 10.5. The minimum absolute atomic E-state index is 0. The SMILES string of the molecule is CCOC(CBr)OCC.CCOC(CSc1cc(Cl)ccc1Cl)OCC.Clc1ccc(Cl)c2sccc12.N.NS(=O)(=O)c1cc2c(Cl)ccc(Cl)c2s1.O=[N+]([O-])c1ccc(OP(=O)([O-])CNS(=O)(=O)c2cc3c(Cl)ccc(Cl)c3s2)cc1.Sc1cc(Cl)ccc1Cl. The number of hydrogen-bond acceptors (Lipinski definition) is 19. The quantitative estimate of drug-likeness (QED) is 0.0105. The first-order chi connectivity index (χ1) is 42.4. The lowest BCUT2D eigenvalue weighted by atomic mass is 10.3. The van der Waals surface area contributed by atoms with E-state index in [-0.39, 0.29) is 38.6 Å². The number of alkyl halides is 1. The fourth-order valence-electron chi connectivity index (χ4n) is 6.65. The van der Waals surface area contributed by atoms with E-state index in [4.69, 9.17) is 145 Å². The van der Waals surface area contributed by atoms with Crippen molar-refractivity contribution < 1.29 is 54.7 Å². The number of nitrogens with zero attached hydrogens (tertiary/aromatic N) is 1. The third-order valence-corrected chi connectivity index (χ3v) is 24.1. The number of nitrogens with two attached hydrogens (primary N) is 1. The predicted octanol–water partition coefficient (Wildman–Crippen LogP) is 20.8. The Labute approximate surface area is 607 Å². The van der Waals surface area contributed by atoms with Crippen molar-refractivity contribution in [2.75, 3.05) is 43.8 Å². The van der Waals surface area contributed by atoms with Crippen LogP contribution >= 0.6 is 198 Å². The van der Waals surface area contributed by atoms with Gasteiger partial charge in [-0.15, -0.1) is 58.4 Å². The number of non-ortho nitro benzene ring substituents is 1. The molecule has 1 unspecified atom stereocenters. The lowest BCUT2D eigenvalue weighted by Crippen LogP contribution is -2.28. The molecule has 0 saturated carbocycles. The molecule has 6 aromatic carbocycles. The molecule has 0 spiro atoms. The van der Waals surface area contributed by atoms with E-state index in [0.717, 1.165) is 77.3 Å². The van der Waals surface area contributed by atoms with E-state index < -0.39 is 38.9 Å². The first-order valence-electron chi connectivity index (χ1n) is 25.5. The predicted molar refractivity (Wildman–Crippen MR) is 387 cm³/mol. The van der Waals surface area contributed by atoms with Crippen molar-refractivity contribution in [2.45, 2.75) is 58.5 Å². The molecule has 0 fully saturated rings. The first kappa shape index (κ1) is 83.5. The number of primary sulfonamides is 1. The van der Waals surface area contributed by atoms with Crippen molar-refractivity contribution in [3.63, 3.8) is 0 Å². The molecule has 0 aliphatic carbocycles. The molecule has 9 aromatic rings. The molecular formula is C55H55BrCl10N4O13PS7-. The molecular weight excluding hydrogens is 1610 g/mol. The van der Waals surface area contributed by atoms with Crippen LogP contribution in [0.15, 0.2) is 139 Å². The van der Waals surface area contributed by atoms with Gasteiger partial charge in [-0.3, -0.25) is 14.7 Å². The molecule has 36 heteroatoms. The Kier molecular flexibility index (Phi) is 37.5. The van der Waals surface area contributed by atoms with Crippen molar-refractivity contribution in [1.82, 2.24) is 10.9 Å².